The lowest BCUT2D eigenvalue weighted by Gasteiger charge is -1.99. The van der Waals surface area contributed by atoms with Gasteiger partial charge in [-0.15, -0.1) is 0 Å². The van der Waals surface area contributed by atoms with Gasteiger partial charge in [0.05, 0.1) is 10.6 Å². The molecule has 0 bridgehead atoms. The number of carbonyl (C=O) groups is 1. The molecular weight excluding hydrogens is 168 g/mol. The Labute approximate surface area is 67.8 Å². The van der Waals surface area contributed by atoms with Crippen LogP contribution >= 0.6 is 11.6 Å². The van der Waals surface area contributed by atoms with Crippen LogP contribution in [-0.4, -0.2) is 16.5 Å². The van der Waals surface area contributed by atoms with E-state index in [9.17, 15) is 4.79 Å². The lowest BCUT2D eigenvalue weighted by Crippen LogP contribution is -1.80. The van der Waals surface area contributed by atoms with Gasteiger partial charge < -0.3 is 10.2 Å². The van der Waals surface area contributed by atoms with E-state index in [4.69, 9.17) is 21.8 Å². The zero-order chi connectivity index (χ0) is 8.43. The Kier molecular flexibility index (Phi) is 2.01. The minimum Gasteiger partial charge on any atom is -0.507 e. The zero-order valence-electron chi connectivity index (χ0n) is 5.41. The molecule has 3 nitrogen and oxygen atoms in total. The second-order valence-electron chi connectivity index (χ2n) is 1.98. The second-order valence-corrected chi connectivity index (χ2v) is 2.39. The molecule has 0 spiro atoms. The summed E-state index contributed by atoms with van der Waals surface area (Å²) in [6.07, 6.45) is 0.436. The molecule has 4 heteroatoms. The van der Waals surface area contributed by atoms with E-state index < -0.39 is 0 Å². The average molecular weight is 173 g/mol. The van der Waals surface area contributed by atoms with Gasteiger partial charge in [-0.05, 0) is 6.07 Å². The van der Waals surface area contributed by atoms with Crippen LogP contribution in [0.15, 0.2) is 12.1 Å². The van der Waals surface area contributed by atoms with E-state index in [1.165, 1.54) is 0 Å². The Morgan fingerprint density at radius 2 is 1.91 bits per heavy atom. The summed E-state index contributed by atoms with van der Waals surface area (Å²) in [6.45, 7) is 0. The number of carbonyl (C=O) groups excluding carboxylic acids is 1. The molecule has 0 aliphatic heterocycles. The first-order valence-electron chi connectivity index (χ1n) is 2.82. The first-order valence-corrected chi connectivity index (χ1v) is 3.19. The number of aromatic hydroxyl groups is 2. The molecule has 0 amide bonds. The summed E-state index contributed by atoms with van der Waals surface area (Å²) in [5, 5.41) is 18.0. The van der Waals surface area contributed by atoms with Crippen molar-refractivity contribution in [1.29, 1.82) is 0 Å². The van der Waals surface area contributed by atoms with E-state index in [1.54, 1.807) is 0 Å². The summed E-state index contributed by atoms with van der Waals surface area (Å²) in [7, 11) is 0. The Morgan fingerprint density at radius 3 is 2.45 bits per heavy atom. The highest BCUT2D eigenvalue weighted by atomic mass is 35.5. The Bertz CT molecular complexity index is 296. The number of rotatable bonds is 1. The quantitative estimate of drug-likeness (QED) is 0.499. The topological polar surface area (TPSA) is 57.5 Å². The van der Waals surface area contributed by atoms with Crippen LogP contribution in [0.3, 0.4) is 0 Å². The third-order valence-corrected chi connectivity index (χ3v) is 1.53. The predicted octanol–water partition coefficient (Wildman–Crippen LogP) is 1.56. The molecule has 0 heterocycles. The second kappa shape index (κ2) is 2.80. The predicted molar refractivity (Wildman–Crippen MR) is 40.2 cm³/mol. The maximum absolute atomic E-state index is 10.2. The number of benzene rings is 1. The fourth-order valence-corrected chi connectivity index (χ4v) is 0.820. The SMILES string of the molecule is O=Cc1cc(O)c(Cl)cc1O. The standard InChI is InChI=1S/C7H5ClO3/c8-5-2-6(10)4(3-9)1-7(5)11/h1-3,10-11H. The van der Waals surface area contributed by atoms with Gasteiger partial charge in [0.1, 0.15) is 11.5 Å². The van der Waals surface area contributed by atoms with Gasteiger partial charge in [-0.1, -0.05) is 11.6 Å². The monoisotopic (exact) mass is 172 g/mol. The van der Waals surface area contributed by atoms with E-state index in [0.717, 1.165) is 12.1 Å². The molecule has 0 radical (unpaired) electrons. The van der Waals surface area contributed by atoms with Gasteiger partial charge in [-0.3, -0.25) is 4.79 Å². The van der Waals surface area contributed by atoms with Crippen molar-refractivity contribution in [2.75, 3.05) is 0 Å². The summed E-state index contributed by atoms with van der Waals surface area (Å²) in [6, 6.07) is 2.21. The van der Waals surface area contributed by atoms with Crippen LogP contribution in [0.2, 0.25) is 5.02 Å². The highest BCUT2D eigenvalue weighted by Gasteiger charge is 2.04. The molecule has 0 aliphatic rings. The van der Waals surface area contributed by atoms with Crippen molar-refractivity contribution in [2.24, 2.45) is 0 Å². The average Bonchev–Trinajstić information content (AvgIpc) is 1.97. The van der Waals surface area contributed by atoms with Crippen molar-refractivity contribution in [3.63, 3.8) is 0 Å². The molecule has 0 aromatic heterocycles. The largest absolute Gasteiger partial charge is 0.507 e. The van der Waals surface area contributed by atoms with E-state index in [-0.39, 0.29) is 22.1 Å². The minimum atomic E-state index is -0.234. The molecule has 0 aliphatic carbocycles. The Morgan fingerprint density at radius 1 is 1.27 bits per heavy atom. The first-order chi connectivity index (χ1) is 5.15. The molecule has 58 valence electrons. The van der Waals surface area contributed by atoms with Gasteiger partial charge in [-0.2, -0.15) is 0 Å². The molecule has 0 fully saturated rings. The highest BCUT2D eigenvalue weighted by Crippen LogP contribution is 2.29. The molecule has 1 aromatic carbocycles. The van der Waals surface area contributed by atoms with Crippen LogP contribution in [0.25, 0.3) is 0 Å². The van der Waals surface area contributed by atoms with Gasteiger partial charge in [0.25, 0.3) is 0 Å². The minimum absolute atomic E-state index is 0.0203. The molecular formula is C7H5ClO3. The number of halogens is 1. The van der Waals surface area contributed by atoms with Crippen molar-refractivity contribution < 1.29 is 15.0 Å². The van der Waals surface area contributed by atoms with E-state index in [2.05, 4.69) is 0 Å². The highest BCUT2D eigenvalue weighted by molar-refractivity contribution is 6.32. The van der Waals surface area contributed by atoms with Gasteiger partial charge in [0, 0.05) is 6.07 Å². The molecule has 0 atom stereocenters. The molecule has 11 heavy (non-hydrogen) atoms. The summed E-state index contributed by atoms with van der Waals surface area (Å²) in [4.78, 5) is 10.2. The normalized spacial score (nSPS) is 9.55. The molecule has 0 unspecified atom stereocenters. The van der Waals surface area contributed by atoms with Crippen molar-refractivity contribution >= 4 is 17.9 Å². The number of hydrogen-bond acceptors (Lipinski definition) is 3. The molecule has 1 aromatic rings. The maximum Gasteiger partial charge on any atom is 0.153 e. The van der Waals surface area contributed by atoms with Crippen LogP contribution in [-0.2, 0) is 0 Å². The van der Waals surface area contributed by atoms with Crippen LogP contribution in [0.5, 0.6) is 11.5 Å². The molecule has 0 saturated carbocycles. The summed E-state index contributed by atoms with van der Waals surface area (Å²) >= 11 is 5.42. The fraction of sp³-hybridized carbons (Fsp3) is 0. The van der Waals surface area contributed by atoms with Crippen LogP contribution < -0.4 is 0 Å². The third kappa shape index (κ3) is 1.43. The third-order valence-electron chi connectivity index (χ3n) is 1.22. The first kappa shape index (κ1) is 7.88. The number of phenols is 2. The number of aldehydes is 1. The van der Waals surface area contributed by atoms with Crippen molar-refractivity contribution in [1.82, 2.24) is 0 Å². The molecule has 0 saturated heterocycles. The zero-order valence-corrected chi connectivity index (χ0v) is 6.17. The lowest BCUT2D eigenvalue weighted by molar-refractivity contribution is 0.112. The van der Waals surface area contributed by atoms with Gasteiger partial charge >= 0.3 is 0 Å². The summed E-state index contributed by atoms with van der Waals surface area (Å²) in [5.41, 5.74) is 0.0203. The number of phenolic OH excluding ortho intramolecular Hbond substituents is 2. The van der Waals surface area contributed by atoms with E-state index in [1.807, 2.05) is 0 Å². The summed E-state index contributed by atoms with van der Waals surface area (Å²) in [5.74, 6) is -0.450. The van der Waals surface area contributed by atoms with Crippen molar-refractivity contribution in [3.05, 3.63) is 22.7 Å². The fourth-order valence-electron chi connectivity index (χ4n) is 0.662. The summed E-state index contributed by atoms with van der Waals surface area (Å²) < 4.78 is 0. The van der Waals surface area contributed by atoms with Crippen LogP contribution in [0, 0.1) is 0 Å². The van der Waals surface area contributed by atoms with Crippen LogP contribution in [0.4, 0.5) is 0 Å². The maximum atomic E-state index is 10.2. The van der Waals surface area contributed by atoms with E-state index in [0.29, 0.717) is 6.29 Å². The van der Waals surface area contributed by atoms with Gasteiger partial charge in [0.2, 0.25) is 0 Å². The lowest BCUT2D eigenvalue weighted by atomic mass is 10.2. The van der Waals surface area contributed by atoms with Gasteiger partial charge in [-0.25, -0.2) is 0 Å². The van der Waals surface area contributed by atoms with Crippen molar-refractivity contribution in [3.8, 4) is 11.5 Å². The number of hydrogen-bond donors (Lipinski definition) is 2. The van der Waals surface area contributed by atoms with Crippen LogP contribution in [0.1, 0.15) is 10.4 Å². The molecule has 1 rings (SSSR count). The smallest absolute Gasteiger partial charge is 0.153 e. The van der Waals surface area contributed by atoms with E-state index >= 15 is 0 Å². The Hall–Kier alpha value is -1.22. The Balaban J connectivity index is 3.31. The molecule has 2 N–H and O–H groups in total. The van der Waals surface area contributed by atoms with Crippen molar-refractivity contribution in [2.45, 2.75) is 0 Å². The van der Waals surface area contributed by atoms with Gasteiger partial charge in [0.15, 0.2) is 6.29 Å².